The van der Waals surface area contributed by atoms with Crippen LogP contribution in [0.4, 0.5) is 18.0 Å². The minimum atomic E-state index is -4.56. The molecule has 5 rings (SSSR count). The Bertz CT molecular complexity index is 1550. The molecule has 0 bridgehead atoms. The SMILES string of the molecule is Cc1cc(COC(=O)N2CCC(=O)N3[C@@H]2CN(Cc2ccccc2)C(=O)[C@@H]3CC(=O)NCc2ccncc2)cc(C(F)(F)F)c1. The molecule has 236 valence electrons. The Kier molecular flexibility index (Phi) is 9.35. The maximum atomic E-state index is 13.8. The number of benzene rings is 2. The van der Waals surface area contributed by atoms with Crippen LogP contribution in [0.25, 0.3) is 0 Å². The highest BCUT2D eigenvalue weighted by molar-refractivity contribution is 5.94. The second kappa shape index (κ2) is 13.4. The van der Waals surface area contributed by atoms with Gasteiger partial charge in [-0.05, 0) is 47.9 Å². The molecule has 1 N–H and O–H groups in total. The molecule has 2 atom stereocenters. The molecule has 13 heteroatoms. The third-order valence-corrected chi connectivity index (χ3v) is 7.75. The number of aromatic nitrogens is 1. The molecule has 45 heavy (non-hydrogen) atoms. The molecule has 3 heterocycles. The molecular formula is C32H32F3N5O5. The molecule has 0 saturated carbocycles. The van der Waals surface area contributed by atoms with Crippen molar-refractivity contribution in [3.63, 3.8) is 0 Å². The third kappa shape index (κ3) is 7.59. The minimum Gasteiger partial charge on any atom is -0.444 e. The Labute approximate surface area is 257 Å². The normalized spacial score (nSPS) is 18.4. The predicted octanol–water partition coefficient (Wildman–Crippen LogP) is 4.02. The van der Waals surface area contributed by atoms with Crippen LogP contribution in [0.3, 0.4) is 0 Å². The predicted molar refractivity (Wildman–Crippen MR) is 155 cm³/mol. The largest absolute Gasteiger partial charge is 0.444 e. The monoisotopic (exact) mass is 623 g/mol. The smallest absolute Gasteiger partial charge is 0.416 e. The summed E-state index contributed by atoms with van der Waals surface area (Å²) in [5.41, 5.74) is 1.29. The van der Waals surface area contributed by atoms with Crippen LogP contribution in [0.1, 0.15) is 40.7 Å². The molecule has 2 aromatic carbocycles. The molecule has 2 saturated heterocycles. The van der Waals surface area contributed by atoms with Crippen LogP contribution in [0.15, 0.2) is 73.1 Å². The van der Waals surface area contributed by atoms with Gasteiger partial charge in [-0.25, -0.2) is 4.79 Å². The van der Waals surface area contributed by atoms with E-state index >= 15 is 0 Å². The molecule has 0 unspecified atom stereocenters. The molecular weight excluding hydrogens is 591 g/mol. The molecule has 2 fully saturated rings. The van der Waals surface area contributed by atoms with Crippen LogP contribution >= 0.6 is 0 Å². The summed E-state index contributed by atoms with van der Waals surface area (Å²) >= 11 is 0. The fraction of sp³-hybridized carbons (Fsp3) is 0.344. The van der Waals surface area contributed by atoms with Gasteiger partial charge in [-0.1, -0.05) is 42.0 Å². The van der Waals surface area contributed by atoms with Gasteiger partial charge in [0.1, 0.15) is 18.8 Å². The maximum absolute atomic E-state index is 13.8. The van der Waals surface area contributed by atoms with Gasteiger partial charge < -0.3 is 19.9 Å². The number of alkyl halides is 3. The zero-order chi connectivity index (χ0) is 32.1. The summed E-state index contributed by atoms with van der Waals surface area (Å²) in [4.78, 5) is 61.5. The molecule has 10 nitrogen and oxygen atoms in total. The van der Waals surface area contributed by atoms with E-state index in [2.05, 4.69) is 10.3 Å². The van der Waals surface area contributed by atoms with Crippen molar-refractivity contribution in [1.29, 1.82) is 0 Å². The number of piperazine rings is 1. The van der Waals surface area contributed by atoms with Gasteiger partial charge >= 0.3 is 12.3 Å². The van der Waals surface area contributed by atoms with Crippen LogP contribution in [-0.4, -0.2) is 68.8 Å². The number of nitrogens with zero attached hydrogens (tertiary/aromatic N) is 4. The van der Waals surface area contributed by atoms with Crippen LogP contribution in [0, 0.1) is 6.92 Å². The lowest BCUT2D eigenvalue weighted by atomic mass is 10.0. The number of carbonyl (C=O) groups excluding carboxylic acids is 4. The molecule has 0 radical (unpaired) electrons. The number of hydrogen-bond donors (Lipinski definition) is 1. The summed E-state index contributed by atoms with van der Waals surface area (Å²) in [5.74, 6) is -1.28. The Morgan fingerprint density at radius 1 is 1.00 bits per heavy atom. The fourth-order valence-corrected chi connectivity index (χ4v) is 5.63. The number of carbonyl (C=O) groups is 4. The van der Waals surface area contributed by atoms with Crippen LogP contribution < -0.4 is 5.32 Å². The minimum absolute atomic E-state index is 0.0191. The number of aryl methyl sites for hydroxylation is 1. The highest BCUT2D eigenvalue weighted by Crippen LogP contribution is 2.32. The highest BCUT2D eigenvalue weighted by atomic mass is 19.4. The molecule has 4 amide bonds. The summed E-state index contributed by atoms with van der Waals surface area (Å²) in [5, 5.41) is 2.77. The van der Waals surface area contributed by atoms with Gasteiger partial charge in [-0.3, -0.25) is 24.3 Å². The first kappa shape index (κ1) is 31.5. The number of fused-ring (bicyclic) bond motifs is 1. The number of rotatable bonds is 8. The Hall–Kier alpha value is -4.94. The third-order valence-electron chi connectivity index (χ3n) is 7.75. The molecule has 3 aromatic rings. The van der Waals surface area contributed by atoms with Gasteiger partial charge in [0, 0.05) is 38.4 Å². The number of ether oxygens (including phenoxy) is 1. The van der Waals surface area contributed by atoms with Crippen molar-refractivity contribution >= 4 is 23.8 Å². The Morgan fingerprint density at radius 3 is 2.44 bits per heavy atom. The van der Waals surface area contributed by atoms with Crippen LogP contribution in [-0.2, 0) is 45.0 Å². The first-order chi connectivity index (χ1) is 21.5. The van der Waals surface area contributed by atoms with E-state index in [0.29, 0.717) is 5.56 Å². The van der Waals surface area contributed by atoms with E-state index in [1.165, 1.54) is 27.7 Å². The standard InChI is InChI=1S/C32H32F3N5O5/c1-21-13-24(15-25(14-21)32(33,34)35)20-45-31(44)39-12-9-29(42)40-26(16-27(41)37-17-22-7-10-36-11-8-22)30(43)38(19-28(39)40)18-23-5-3-2-4-6-23/h2-8,10-11,13-15,26,28H,9,12,16-20H2,1H3,(H,37,41)/t26-,28+/m0/s1. The van der Waals surface area contributed by atoms with Crippen molar-refractivity contribution in [2.24, 2.45) is 0 Å². The van der Waals surface area contributed by atoms with E-state index in [1.54, 1.807) is 24.5 Å². The topological polar surface area (TPSA) is 112 Å². The van der Waals surface area contributed by atoms with Gasteiger partial charge in [0.25, 0.3) is 0 Å². The van der Waals surface area contributed by atoms with E-state index in [9.17, 15) is 32.3 Å². The van der Waals surface area contributed by atoms with Gasteiger partial charge in [-0.15, -0.1) is 0 Å². The Morgan fingerprint density at radius 2 is 1.73 bits per heavy atom. The maximum Gasteiger partial charge on any atom is 0.416 e. The Balaban J connectivity index is 1.36. The first-order valence-electron chi connectivity index (χ1n) is 14.4. The van der Waals surface area contributed by atoms with E-state index in [-0.39, 0.29) is 44.6 Å². The zero-order valence-corrected chi connectivity index (χ0v) is 24.5. The van der Waals surface area contributed by atoms with Gasteiger partial charge in [-0.2, -0.15) is 13.2 Å². The number of hydrogen-bond acceptors (Lipinski definition) is 6. The van der Waals surface area contributed by atoms with Crippen molar-refractivity contribution in [2.45, 2.75) is 57.8 Å². The lowest BCUT2D eigenvalue weighted by Gasteiger charge is -2.51. The van der Waals surface area contributed by atoms with E-state index in [0.717, 1.165) is 23.3 Å². The van der Waals surface area contributed by atoms with Gasteiger partial charge in [0.2, 0.25) is 17.7 Å². The average molecular weight is 624 g/mol. The summed E-state index contributed by atoms with van der Waals surface area (Å²) in [6.45, 7) is 1.42. The van der Waals surface area contributed by atoms with Crippen molar-refractivity contribution in [3.8, 4) is 0 Å². The van der Waals surface area contributed by atoms with Crippen LogP contribution in [0.5, 0.6) is 0 Å². The van der Waals surface area contributed by atoms with E-state index in [1.807, 2.05) is 30.3 Å². The average Bonchev–Trinajstić information content (AvgIpc) is 3.01. The molecule has 0 spiro atoms. The molecule has 0 aliphatic carbocycles. The van der Waals surface area contributed by atoms with E-state index in [4.69, 9.17) is 4.74 Å². The highest BCUT2D eigenvalue weighted by Gasteiger charge is 2.49. The number of halogens is 3. The lowest BCUT2D eigenvalue weighted by molar-refractivity contribution is -0.169. The molecule has 2 aliphatic heterocycles. The van der Waals surface area contributed by atoms with Gasteiger partial charge in [0.05, 0.1) is 18.5 Å². The zero-order valence-electron chi connectivity index (χ0n) is 24.5. The van der Waals surface area contributed by atoms with Crippen molar-refractivity contribution < 1.29 is 37.1 Å². The quantitative estimate of drug-likeness (QED) is 0.406. The fourth-order valence-electron chi connectivity index (χ4n) is 5.63. The summed E-state index contributed by atoms with van der Waals surface area (Å²) in [7, 11) is 0. The summed E-state index contributed by atoms with van der Waals surface area (Å²) in [6, 6.07) is 14.9. The van der Waals surface area contributed by atoms with Crippen molar-refractivity contribution in [3.05, 3.63) is 101 Å². The lowest BCUT2D eigenvalue weighted by Crippen LogP contribution is -2.71. The van der Waals surface area contributed by atoms with Crippen molar-refractivity contribution in [1.82, 2.24) is 25.0 Å². The van der Waals surface area contributed by atoms with Crippen LogP contribution in [0.2, 0.25) is 0 Å². The number of pyridine rings is 1. The molecule has 2 aliphatic rings. The van der Waals surface area contributed by atoms with Crippen molar-refractivity contribution in [2.75, 3.05) is 13.1 Å². The van der Waals surface area contributed by atoms with E-state index < -0.39 is 54.4 Å². The summed E-state index contributed by atoms with van der Waals surface area (Å²) < 4.78 is 45.4. The first-order valence-corrected chi connectivity index (χ1v) is 14.4. The summed E-state index contributed by atoms with van der Waals surface area (Å²) in [6.07, 6.45) is -3.61. The number of amides is 4. The second-order valence-electron chi connectivity index (χ2n) is 11.0. The number of nitrogens with one attached hydrogen (secondary N) is 1. The van der Waals surface area contributed by atoms with Gasteiger partial charge in [0.15, 0.2) is 0 Å². The molecule has 1 aromatic heterocycles. The second-order valence-corrected chi connectivity index (χ2v) is 11.0.